The molecule has 38 heavy (non-hydrogen) atoms. The second kappa shape index (κ2) is 11.2. The maximum Gasteiger partial charge on any atom is 0.251 e. The molecule has 2 aliphatic rings. The molecular weight excluding hydrogens is 474 g/mol. The molecule has 0 aliphatic carbocycles. The standard InChI is InChI=1S/C32H37N3O3/c1-34-17-5-7-25(34)13-16-33-32(36)24-6-4-8-27(21-24)37-26-14-18-35(19-15-26)22-23-11-12-31-29(20-23)28-9-2-3-10-30(28)38-31/h2-4,6,8-12,20-21,25-26H,5,7,13-19,22H2,1H3,(H,33,36). The van der Waals surface area contributed by atoms with Gasteiger partial charge in [-0.2, -0.15) is 0 Å². The summed E-state index contributed by atoms with van der Waals surface area (Å²) in [7, 11) is 2.17. The Balaban J connectivity index is 0.994. The topological polar surface area (TPSA) is 58.0 Å². The molecule has 1 amide bonds. The molecule has 3 aromatic carbocycles. The number of fused-ring (bicyclic) bond motifs is 3. The molecule has 3 heterocycles. The molecule has 0 spiro atoms. The first kappa shape index (κ1) is 25.0. The van der Waals surface area contributed by atoms with E-state index in [0.717, 1.165) is 62.4 Å². The predicted octanol–water partition coefficient (Wildman–Crippen LogP) is 5.84. The number of para-hydroxylation sites is 1. The van der Waals surface area contributed by atoms with Crippen molar-refractivity contribution in [1.82, 2.24) is 15.1 Å². The van der Waals surface area contributed by atoms with Crippen LogP contribution in [-0.2, 0) is 6.54 Å². The molecule has 1 aromatic heterocycles. The van der Waals surface area contributed by atoms with Crippen LogP contribution in [0.15, 0.2) is 71.1 Å². The highest BCUT2D eigenvalue weighted by Crippen LogP contribution is 2.30. The second-order valence-corrected chi connectivity index (χ2v) is 10.9. The van der Waals surface area contributed by atoms with Crippen LogP contribution in [0.4, 0.5) is 0 Å². The maximum absolute atomic E-state index is 12.7. The molecule has 0 saturated carbocycles. The van der Waals surface area contributed by atoms with Gasteiger partial charge in [-0.05, 0) is 87.7 Å². The lowest BCUT2D eigenvalue weighted by molar-refractivity contribution is 0.0934. The van der Waals surface area contributed by atoms with Crippen molar-refractivity contribution in [2.24, 2.45) is 0 Å². The third-order valence-electron chi connectivity index (χ3n) is 8.22. The molecule has 1 N–H and O–H groups in total. The molecule has 2 saturated heterocycles. The number of nitrogens with zero attached hydrogens (tertiary/aromatic N) is 2. The van der Waals surface area contributed by atoms with E-state index in [9.17, 15) is 4.79 Å². The number of amides is 1. The third-order valence-corrected chi connectivity index (χ3v) is 8.22. The summed E-state index contributed by atoms with van der Waals surface area (Å²) in [5.41, 5.74) is 3.86. The highest BCUT2D eigenvalue weighted by molar-refractivity contribution is 6.05. The van der Waals surface area contributed by atoms with Gasteiger partial charge in [0.25, 0.3) is 5.91 Å². The van der Waals surface area contributed by atoms with Gasteiger partial charge >= 0.3 is 0 Å². The Kier molecular flexibility index (Phi) is 7.34. The zero-order chi connectivity index (χ0) is 25.9. The van der Waals surface area contributed by atoms with Gasteiger partial charge in [0.05, 0.1) is 0 Å². The molecule has 6 rings (SSSR count). The quantitative estimate of drug-likeness (QED) is 0.322. The molecule has 198 valence electrons. The van der Waals surface area contributed by atoms with E-state index < -0.39 is 0 Å². The van der Waals surface area contributed by atoms with Crippen molar-refractivity contribution < 1.29 is 13.9 Å². The van der Waals surface area contributed by atoms with Gasteiger partial charge in [-0.15, -0.1) is 0 Å². The number of furan rings is 1. The number of carbonyl (C=O) groups is 1. The second-order valence-electron chi connectivity index (χ2n) is 10.9. The largest absolute Gasteiger partial charge is 0.490 e. The first-order valence-corrected chi connectivity index (χ1v) is 14.0. The molecule has 2 aliphatic heterocycles. The first-order chi connectivity index (χ1) is 18.6. The Morgan fingerprint density at radius 2 is 1.79 bits per heavy atom. The van der Waals surface area contributed by atoms with Crippen molar-refractivity contribution in [2.45, 2.75) is 50.8 Å². The van der Waals surface area contributed by atoms with Crippen molar-refractivity contribution in [3.8, 4) is 5.75 Å². The monoisotopic (exact) mass is 511 g/mol. The fraction of sp³-hybridized carbons (Fsp3) is 0.406. The number of hydrogen-bond donors (Lipinski definition) is 1. The van der Waals surface area contributed by atoms with Crippen LogP contribution in [0.25, 0.3) is 21.9 Å². The van der Waals surface area contributed by atoms with Crippen LogP contribution in [-0.4, -0.2) is 61.1 Å². The number of ether oxygens (including phenoxy) is 1. The van der Waals surface area contributed by atoms with Crippen LogP contribution in [0, 0.1) is 0 Å². The van der Waals surface area contributed by atoms with Crippen molar-refractivity contribution in [3.05, 3.63) is 77.9 Å². The number of likely N-dealkylation sites (tertiary alicyclic amines) is 2. The molecule has 6 nitrogen and oxygen atoms in total. The lowest BCUT2D eigenvalue weighted by Gasteiger charge is -2.32. The summed E-state index contributed by atoms with van der Waals surface area (Å²) in [5.74, 6) is 0.761. The SMILES string of the molecule is CN1CCCC1CCNC(=O)c1cccc(OC2CCN(Cc3ccc4oc5ccccc5c4c3)CC2)c1. The lowest BCUT2D eigenvalue weighted by atomic mass is 10.1. The predicted molar refractivity (Wildman–Crippen MR) is 152 cm³/mol. The third kappa shape index (κ3) is 5.57. The van der Waals surface area contributed by atoms with E-state index in [1.54, 1.807) is 0 Å². The summed E-state index contributed by atoms with van der Waals surface area (Å²) in [6, 6.07) is 23.0. The van der Waals surface area contributed by atoms with Gasteiger partial charge < -0.3 is 19.4 Å². The smallest absolute Gasteiger partial charge is 0.251 e. The maximum atomic E-state index is 12.7. The molecule has 0 bridgehead atoms. The number of hydrogen-bond acceptors (Lipinski definition) is 5. The van der Waals surface area contributed by atoms with Gasteiger partial charge in [-0.25, -0.2) is 0 Å². The number of benzene rings is 3. The van der Waals surface area contributed by atoms with Gasteiger partial charge in [-0.1, -0.05) is 30.3 Å². The van der Waals surface area contributed by atoms with Crippen LogP contribution in [0.1, 0.15) is 48.0 Å². The van der Waals surface area contributed by atoms with Crippen LogP contribution < -0.4 is 10.1 Å². The molecule has 4 aromatic rings. The average Bonchev–Trinajstić information content (AvgIpc) is 3.52. The summed E-state index contributed by atoms with van der Waals surface area (Å²) in [5, 5.41) is 5.45. The van der Waals surface area contributed by atoms with Crippen molar-refractivity contribution in [2.75, 3.05) is 33.2 Å². The Bertz CT molecular complexity index is 1410. The summed E-state index contributed by atoms with van der Waals surface area (Å²) in [6.07, 6.45) is 5.60. The fourth-order valence-electron chi connectivity index (χ4n) is 6.02. The fourth-order valence-corrected chi connectivity index (χ4v) is 6.02. The Morgan fingerprint density at radius 1 is 0.947 bits per heavy atom. The molecule has 2 fully saturated rings. The van der Waals surface area contributed by atoms with E-state index in [4.69, 9.17) is 9.15 Å². The van der Waals surface area contributed by atoms with E-state index in [1.807, 2.05) is 36.4 Å². The van der Waals surface area contributed by atoms with Crippen LogP contribution in [0.3, 0.4) is 0 Å². The summed E-state index contributed by atoms with van der Waals surface area (Å²) in [4.78, 5) is 17.6. The number of piperidine rings is 1. The van der Waals surface area contributed by atoms with E-state index >= 15 is 0 Å². The summed E-state index contributed by atoms with van der Waals surface area (Å²) >= 11 is 0. The first-order valence-electron chi connectivity index (χ1n) is 14.0. The zero-order valence-electron chi connectivity index (χ0n) is 22.2. The Morgan fingerprint density at radius 3 is 2.63 bits per heavy atom. The average molecular weight is 512 g/mol. The van der Waals surface area contributed by atoms with Crippen LogP contribution >= 0.6 is 0 Å². The number of carbonyl (C=O) groups excluding carboxylic acids is 1. The molecule has 1 atom stereocenters. The molecule has 0 radical (unpaired) electrons. The van der Waals surface area contributed by atoms with E-state index in [1.165, 1.54) is 29.2 Å². The zero-order valence-corrected chi connectivity index (χ0v) is 22.2. The van der Waals surface area contributed by atoms with Gasteiger partial charge in [0, 0.05) is 48.6 Å². The van der Waals surface area contributed by atoms with Gasteiger partial charge in [0.15, 0.2) is 0 Å². The minimum Gasteiger partial charge on any atom is -0.490 e. The van der Waals surface area contributed by atoms with E-state index in [2.05, 4.69) is 52.5 Å². The summed E-state index contributed by atoms with van der Waals surface area (Å²) in [6.45, 7) is 4.78. The van der Waals surface area contributed by atoms with Gasteiger partial charge in [0.1, 0.15) is 23.0 Å². The van der Waals surface area contributed by atoms with Crippen molar-refractivity contribution in [1.29, 1.82) is 0 Å². The number of rotatable bonds is 8. The molecular formula is C32H37N3O3. The minimum atomic E-state index is -0.0201. The Labute approximate surface area is 224 Å². The van der Waals surface area contributed by atoms with Crippen LogP contribution in [0.2, 0.25) is 0 Å². The van der Waals surface area contributed by atoms with Gasteiger partial charge in [0.2, 0.25) is 0 Å². The normalized spacial score (nSPS) is 19.3. The van der Waals surface area contributed by atoms with Crippen molar-refractivity contribution in [3.63, 3.8) is 0 Å². The minimum absolute atomic E-state index is 0.0201. The van der Waals surface area contributed by atoms with Crippen molar-refractivity contribution >= 4 is 27.8 Å². The summed E-state index contributed by atoms with van der Waals surface area (Å²) < 4.78 is 12.3. The molecule has 1 unspecified atom stereocenters. The lowest BCUT2D eigenvalue weighted by Crippen LogP contribution is -2.37. The number of nitrogens with one attached hydrogen (secondary N) is 1. The van der Waals surface area contributed by atoms with E-state index in [0.29, 0.717) is 18.2 Å². The van der Waals surface area contributed by atoms with E-state index in [-0.39, 0.29) is 12.0 Å². The van der Waals surface area contributed by atoms with Gasteiger partial charge in [-0.3, -0.25) is 9.69 Å². The highest BCUT2D eigenvalue weighted by Gasteiger charge is 2.22. The molecule has 6 heteroatoms. The highest BCUT2D eigenvalue weighted by atomic mass is 16.5. The Hall–Kier alpha value is -3.35. The van der Waals surface area contributed by atoms with Crippen LogP contribution in [0.5, 0.6) is 5.75 Å².